The first kappa shape index (κ1) is 20.3. The van der Waals surface area contributed by atoms with Gasteiger partial charge in [0.25, 0.3) is 0 Å². The van der Waals surface area contributed by atoms with Gasteiger partial charge in [-0.2, -0.15) is 5.26 Å². The monoisotopic (exact) mass is 406 g/mol. The molecule has 0 heterocycles. The lowest BCUT2D eigenvalue weighted by atomic mass is 10.1. The highest BCUT2D eigenvalue weighted by Gasteiger charge is 2.25. The fourth-order valence-corrected chi connectivity index (χ4v) is 3.65. The molecule has 0 bridgehead atoms. The fourth-order valence-electron chi connectivity index (χ4n) is 2.26. The summed E-state index contributed by atoms with van der Waals surface area (Å²) in [6.45, 7) is -0.159. The van der Waals surface area contributed by atoms with E-state index in [4.69, 9.17) is 22.0 Å². The van der Waals surface area contributed by atoms with E-state index in [0.717, 1.165) is 4.31 Å². The number of phenolic OH excluding ortho intramolecular Hbond substituents is 1. The molecule has 2 rings (SSSR count). The minimum absolute atomic E-state index is 0.0614. The highest BCUT2D eigenvalue weighted by molar-refractivity contribution is 7.93. The van der Waals surface area contributed by atoms with Crippen LogP contribution >= 0.6 is 11.6 Å². The number of aromatic hydroxyl groups is 1. The third kappa shape index (κ3) is 5.48. The van der Waals surface area contributed by atoms with Crippen molar-refractivity contribution in [1.82, 2.24) is 0 Å². The number of nitrogens with zero attached hydrogens (tertiary/aromatic N) is 2. The molecular weight excluding hydrogens is 392 g/mol. The van der Waals surface area contributed by atoms with E-state index in [0.29, 0.717) is 11.1 Å². The van der Waals surface area contributed by atoms with Gasteiger partial charge >= 0.3 is 5.97 Å². The van der Waals surface area contributed by atoms with Gasteiger partial charge in [0.05, 0.1) is 28.9 Å². The number of hydrogen-bond acceptors (Lipinski definition) is 5. The SMILES string of the molecule is N#Cc1cccc(/C=C/CN(c2ccc(O)c(Cl)c2)S(=O)(=O)CC(=O)O)c1. The Labute approximate surface area is 161 Å². The second-order valence-corrected chi connectivity index (χ2v) is 7.76. The number of aliphatic carboxylic acids is 1. The van der Waals surface area contributed by atoms with Gasteiger partial charge in [-0.3, -0.25) is 9.10 Å². The van der Waals surface area contributed by atoms with Gasteiger partial charge in [0.15, 0.2) is 5.75 Å². The van der Waals surface area contributed by atoms with Crippen molar-refractivity contribution in [3.8, 4) is 11.8 Å². The van der Waals surface area contributed by atoms with Gasteiger partial charge < -0.3 is 10.2 Å². The van der Waals surface area contributed by atoms with Crippen LogP contribution in [0.4, 0.5) is 5.69 Å². The van der Waals surface area contributed by atoms with Gasteiger partial charge in [0, 0.05) is 0 Å². The third-order valence-electron chi connectivity index (χ3n) is 3.46. The molecule has 0 aromatic heterocycles. The smallest absolute Gasteiger partial charge is 0.320 e. The number of anilines is 1. The molecule has 0 aliphatic rings. The van der Waals surface area contributed by atoms with Crippen LogP contribution in [0.2, 0.25) is 5.02 Å². The maximum absolute atomic E-state index is 12.4. The summed E-state index contributed by atoms with van der Waals surface area (Å²) in [6, 6.07) is 12.5. The number of carboxylic acid groups (broad SMARTS) is 1. The number of rotatable bonds is 7. The number of carboxylic acids is 1. The van der Waals surface area contributed by atoms with Crippen LogP contribution in [0.1, 0.15) is 11.1 Å². The minimum atomic E-state index is -4.18. The van der Waals surface area contributed by atoms with Crippen LogP contribution in [0, 0.1) is 11.3 Å². The Morgan fingerprint density at radius 2 is 2.00 bits per heavy atom. The lowest BCUT2D eigenvalue weighted by Crippen LogP contribution is -2.35. The van der Waals surface area contributed by atoms with Crippen molar-refractivity contribution < 1.29 is 23.4 Å². The van der Waals surface area contributed by atoms with Crippen molar-refractivity contribution in [2.24, 2.45) is 0 Å². The van der Waals surface area contributed by atoms with Crippen LogP contribution in [0.25, 0.3) is 6.08 Å². The summed E-state index contributed by atoms with van der Waals surface area (Å²) in [4.78, 5) is 10.9. The van der Waals surface area contributed by atoms with E-state index in [1.807, 2.05) is 6.07 Å². The molecule has 9 heteroatoms. The largest absolute Gasteiger partial charge is 0.506 e. The summed E-state index contributed by atoms with van der Waals surface area (Å²) in [5.41, 5.74) is 1.26. The zero-order chi connectivity index (χ0) is 20.0. The zero-order valence-electron chi connectivity index (χ0n) is 13.9. The van der Waals surface area contributed by atoms with Crippen LogP contribution < -0.4 is 4.31 Å². The van der Waals surface area contributed by atoms with Crippen molar-refractivity contribution in [2.75, 3.05) is 16.6 Å². The van der Waals surface area contributed by atoms with Crippen molar-refractivity contribution in [3.05, 3.63) is 64.7 Å². The average Bonchev–Trinajstić information content (AvgIpc) is 2.60. The lowest BCUT2D eigenvalue weighted by Gasteiger charge is -2.22. The quantitative estimate of drug-likeness (QED) is 0.729. The molecule has 0 saturated carbocycles. The minimum Gasteiger partial charge on any atom is -0.506 e. The first-order valence-electron chi connectivity index (χ1n) is 7.60. The van der Waals surface area contributed by atoms with Crippen LogP contribution in [0.15, 0.2) is 48.5 Å². The fraction of sp³-hybridized carbons (Fsp3) is 0.111. The van der Waals surface area contributed by atoms with Gasteiger partial charge in [0.1, 0.15) is 5.75 Å². The van der Waals surface area contributed by atoms with Crippen molar-refractivity contribution >= 4 is 39.4 Å². The zero-order valence-corrected chi connectivity index (χ0v) is 15.5. The molecule has 0 fully saturated rings. The van der Waals surface area contributed by atoms with E-state index >= 15 is 0 Å². The predicted molar refractivity (Wildman–Crippen MR) is 102 cm³/mol. The van der Waals surface area contributed by atoms with Crippen molar-refractivity contribution in [3.63, 3.8) is 0 Å². The van der Waals surface area contributed by atoms with Gasteiger partial charge in [-0.25, -0.2) is 8.42 Å². The third-order valence-corrected chi connectivity index (χ3v) is 5.40. The highest BCUT2D eigenvalue weighted by Crippen LogP contribution is 2.29. The Morgan fingerprint density at radius 1 is 1.26 bits per heavy atom. The first-order chi connectivity index (χ1) is 12.7. The second-order valence-electron chi connectivity index (χ2n) is 5.46. The molecule has 0 radical (unpaired) electrons. The number of carbonyl (C=O) groups is 1. The molecule has 0 atom stereocenters. The molecule has 0 aliphatic carbocycles. The van der Waals surface area contributed by atoms with Crippen LogP contribution in [-0.2, 0) is 14.8 Å². The van der Waals surface area contributed by atoms with Crippen LogP contribution in [0.3, 0.4) is 0 Å². The average molecular weight is 407 g/mol. The van der Waals surface area contributed by atoms with Gasteiger partial charge in [-0.05, 0) is 35.9 Å². The van der Waals surface area contributed by atoms with E-state index < -0.39 is 21.7 Å². The summed E-state index contributed by atoms with van der Waals surface area (Å²) in [5.74, 6) is -2.81. The molecule has 140 valence electrons. The van der Waals surface area contributed by atoms with Gasteiger partial charge in [-0.15, -0.1) is 0 Å². The molecule has 27 heavy (non-hydrogen) atoms. The molecular formula is C18H15ClN2O5S. The van der Waals surface area contributed by atoms with E-state index in [2.05, 4.69) is 0 Å². The first-order valence-corrected chi connectivity index (χ1v) is 9.59. The summed E-state index contributed by atoms with van der Waals surface area (Å²) < 4.78 is 25.8. The Kier molecular flexibility index (Phi) is 6.45. The molecule has 0 aliphatic heterocycles. The standard InChI is InChI=1S/C18H15ClN2O5S/c19-16-10-15(6-7-17(16)22)21(27(25,26)12-18(23)24)8-2-5-13-3-1-4-14(9-13)11-20/h1-7,9-10,22H,8,12H2,(H,23,24)/b5-2+. The van der Waals surface area contributed by atoms with Gasteiger partial charge in [0.2, 0.25) is 10.0 Å². The Hall–Kier alpha value is -3.02. The van der Waals surface area contributed by atoms with E-state index in [1.54, 1.807) is 30.3 Å². The number of sulfonamides is 1. The topological polar surface area (TPSA) is 119 Å². The van der Waals surface area contributed by atoms with E-state index in [9.17, 15) is 18.3 Å². The molecule has 7 nitrogen and oxygen atoms in total. The number of hydrogen-bond donors (Lipinski definition) is 2. The van der Waals surface area contributed by atoms with E-state index in [1.165, 1.54) is 24.3 Å². The lowest BCUT2D eigenvalue weighted by molar-refractivity contribution is -0.134. The van der Waals surface area contributed by atoms with Gasteiger partial charge in [-0.1, -0.05) is 35.9 Å². The second kappa shape index (κ2) is 8.58. The number of halogens is 1. The molecule has 0 unspecified atom stereocenters. The Bertz CT molecular complexity index is 1030. The summed E-state index contributed by atoms with van der Waals surface area (Å²) in [5, 5.41) is 27.2. The number of nitriles is 1. The Morgan fingerprint density at radius 3 is 2.63 bits per heavy atom. The molecule has 0 saturated heterocycles. The van der Waals surface area contributed by atoms with Crippen LogP contribution in [0.5, 0.6) is 5.75 Å². The highest BCUT2D eigenvalue weighted by atomic mass is 35.5. The number of benzene rings is 2. The summed E-state index contributed by atoms with van der Waals surface area (Å²) in [7, 11) is -4.18. The van der Waals surface area contributed by atoms with Crippen LogP contribution in [-0.4, -0.2) is 36.9 Å². The molecule has 0 spiro atoms. The maximum atomic E-state index is 12.4. The predicted octanol–water partition coefficient (Wildman–Crippen LogP) is 2.85. The summed E-state index contributed by atoms with van der Waals surface area (Å²) in [6.07, 6.45) is 3.14. The molecule has 0 amide bonds. The molecule has 2 N–H and O–H groups in total. The molecule has 2 aromatic carbocycles. The van der Waals surface area contributed by atoms with Crippen molar-refractivity contribution in [1.29, 1.82) is 5.26 Å². The molecule has 2 aromatic rings. The van der Waals surface area contributed by atoms with E-state index in [-0.39, 0.29) is 23.0 Å². The van der Waals surface area contributed by atoms with Crippen molar-refractivity contribution in [2.45, 2.75) is 0 Å². The summed E-state index contributed by atoms with van der Waals surface area (Å²) >= 11 is 5.84. The normalized spacial score (nSPS) is 11.3. The maximum Gasteiger partial charge on any atom is 0.320 e. The Balaban J connectivity index is 2.34. The number of phenols is 1.